The minimum atomic E-state index is -0.627. The topological polar surface area (TPSA) is 47.9 Å². The van der Waals surface area contributed by atoms with Gasteiger partial charge in [0.2, 0.25) is 0 Å². The standard InChI is InChI=1S/C15H12BrNO3/c1-19-14-7-5-12(6-8-14)15(18)20-17-10-11-3-2-4-13(16)9-11/h2-10H,1H3/b17-10-/i10D. The van der Waals surface area contributed by atoms with Crippen molar-refractivity contribution in [3.63, 3.8) is 0 Å². The predicted molar refractivity (Wildman–Crippen MR) is 80.1 cm³/mol. The third-order valence-corrected chi connectivity index (χ3v) is 2.95. The Morgan fingerprint density at radius 1 is 1.30 bits per heavy atom. The molecule has 0 spiro atoms. The van der Waals surface area contributed by atoms with E-state index in [1.165, 1.54) is 0 Å². The van der Waals surface area contributed by atoms with E-state index in [9.17, 15) is 4.79 Å². The zero-order chi connectivity index (χ0) is 15.2. The minimum Gasteiger partial charge on any atom is -0.497 e. The Morgan fingerprint density at radius 3 is 2.70 bits per heavy atom. The molecule has 0 atom stereocenters. The second kappa shape index (κ2) is 6.86. The summed E-state index contributed by atoms with van der Waals surface area (Å²) in [5.41, 5.74) is 0.883. The van der Waals surface area contributed by atoms with Crippen LogP contribution < -0.4 is 4.74 Å². The summed E-state index contributed by atoms with van der Waals surface area (Å²) in [4.78, 5) is 16.5. The predicted octanol–water partition coefficient (Wildman–Crippen LogP) is 3.65. The Morgan fingerprint density at radius 2 is 2.05 bits per heavy atom. The molecule has 0 saturated heterocycles. The second-order valence-electron chi connectivity index (χ2n) is 3.82. The molecule has 2 rings (SSSR count). The average molecular weight is 335 g/mol. The van der Waals surface area contributed by atoms with Crippen LogP contribution in [0.1, 0.15) is 17.3 Å². The van der Waals surface area contributed by atoms with Crippen molar-refractivity contribution in [2.75, 3.05) is 7.11 Å². The zero-order valence-electron chi connectivity index (χ0n) is 11.7. The Bertz CT molecular complexity index is 671. The lowest BCUT2D eigenvalue weighted by molar-refractivity contribution is 0.0519. The maximum atomic E-state index is 11.8. The number of carbonyl (C=O) groups is 1. The molecule has 0 unspecified atom stereocenters. The van der Waals surface area contributed by atoms with Gasteiger partial charge in [0, 0.05) is 4.47 Å². The fourth-order valence-electron chi connectivity index (χ4n) is 1.45. The van der Waals surface area contributed by atoms with Crippen LogP contribution in [0.3, 0.4) is 0 Å². The molecule has 2 aromatic rings. The molecule has 0 aliphatic carbocycles. The molecule has 2 aromatic carbocycles. The number of rotatable bonds is 4. The fourth-order valence-corrected chi connectivity index (χ4v) is 1.85. The summed E-state index contributed by atoms with van der Waals surface area (Å²) in [6.45, 7) is 0. The van der Waals surface area contributed by atoms with Gasteiger partial charge < -0.3 is 9.57 Å². The third kappa shape index (κ3) is 3.93. The summed E-state index contributed by atoms with van der Waals surface area (Å²) in [5.74, 6) is 0.0165. The highest BCUT2D eigenvalue weighted by Gasteiger charge is 2.06. The highest BCUT2D eigenvalue weighted by atomic mass is 79.9. The van der Waals surface area contributed by atoms with Crippen LogP contribution >= 0.6 is 15.9 Å². The molecule has 0 amide bonds. The molecule has 102 valence electrons. The van der Waals surface area contributed by atoms with Crippen LogP contribution in [0, 0.1) is 0 Å². The fraction of sp³-hybridized carbons (Fsp3) is 0.0667. The summed E-state index contributed by atoms with van der Waals surface area (Å²) in [6, 6.07) is 13.5. The molecule has 0 N–H and O–H groups in total. The van der Waals surface area contributed by atoms with Gasteiger partial charge in [-0.05, 0) is 42.0 Å². The van der Waals surface area contributed by atoms with Crippen molar-refractivity contribution >= 4 is 28.1 Å². The van der Waals surface area contributed by atoms with Crippen molar-refractivity contribution in [3.8, 4) is 5.75 Å². The van der Waals surface area contributed by atoms with Crippen LogP contribution in [0.2, 0.25) is 0 Å². The van der Waals surface area contributed by atoms with Crippen LogP contribution in [0.15, 0.2) is 58.2 Å². The first-order chi connectivity index (χ1) is 10.1. The molecule has 0 heterocycles. The smallest absolute Gasteiger partial charge is 0.365 e. The van der Waals surface area contributed by atoms with Crippen molar-refractivity contribution < 1.29 is 15.7 Å². The molecule has 0 aromatic heterocycles. The summed E-state index contributed by atoms with van der Waals surface area (Å²) in [5, 5.41) is 3.54. The number of methoxy groups -OCH3 is 1. The van der Waals surface area contributed by atoms with Crippen LogP contribution in [0.25, 0.3) is 0 Å². The van der Waals surface area contributed by atoms with Crippen LogP contribution in [-0.2, 0) is 4.84 Å². The molecule has 5 heteroatoms. The van der Waals surface area contributed by atoms with Crippen LogP contribution in [0.5, 0.6) is 5.75 Å². The molecule has 0 radical (unpaired) electrons. The van der Waals surface area contributed by atoms with E-state index in [0.29, 0.717) is 16.9 Å². The number of oxime groups is 1. The van der Waals surface area contributed by atoms with Gasteiger partial charge in [0.05, 0.1) is 20.2 Å². The lowest BCUT2D eigenvalue weighted by Crippen LogP contribution is -2.00. The van der Waals surface area contributed by atoms with E-state index in [4.69, 9.17) is 10.9 Å². The van der Waals surface area contributed by atoms with E-state index in [2.05, 4.69) is 21.1 Å². The Hall–Kier alpha value is -2.14. The van der Waals surface area contributed by atoms with Crippen LogP contribution in [0.4, 0.5) is 0 Å². The van der Waals surface area contributed by atoms with E-state index in [0.717, 1.165) is 4.47 Å². The summed E-state index contributed by atoms with van der Waals surface area (Å²) >= 11 is 3.30. The van der Waals surface area contributed by atoms with Crippen molar-refractivity contribution in [1.82, 2.24) is 0 Å². The summed E-state index contributed by atoms with van der Waals surface area (Å²) in [7, 11) is 1.54. The molecule has 0 saturated carbocycles. The van der Waals surface area contributed by atoms with Gasteiger partial charge in [-0.3, -0.25) is 0 Å². The zero-order valence-corrected chi connectivity index (χ0v) is 12.3. The molecule has 0 aliphatic rings. The third-order valence-electron chi connectivity index (χ3n) is 2.45. The molecule has 4 nitrogen and oxygen atoms in total. The number of halogens is 1. The Labute approximate surface area is 126 Å². The first kappa shape index (κ1) is 12.9. The molecular formula is C15H12BrNO3. The molecule has 0 aliphatic heterocycles. The molecule has 20 heavy (non-hydrogen) atoms. The number of benzene rings is 2. The van der Waals surface area contributed by atoms with Crippen molar-refractivity contribution in [1.29, 1.82) is 0 Å². The summed E-state index contributed by atoms with van der Waals surface area (Å²) in [6.07, 6.45) is -0.127. The first-order valence-corrected chi connectivity index (χ1v) is 6.55. The van der Waals surface area contributed by atoms with Gasteiger partial charge in [0.15, 0.2) is 0 Å². The normalized spacial score (nSPS) is 11.7. The lowest BCUT2D eigenvalue weighted by atomic mass is 10.2. The van der Waals surface area contributed by atoms with E-state index in [1.807, 2.05) is 6.07 Å². The van der Waals surface area contributed by atoms with Gasteiger partial charge in [-0.15, -0.1) is 0 Å². The maximum Gasteiger partial charge on any atom is 0.365 e. The number of nitrogens with zero attached hydrogens (tertiary/aromatic N) is 1. The van der Waals surface area contributed by atoms with Gasteiger partial charge in [0.25, 0.3) is 0 Å². The molecule has 0 fully saturated rings. The van der Waals surface area contributed by atoms with E-state index in [-0.39, 0.29) is 6.19 Å². The highest BCUT2D eigenvalue weighted by Crippen LogP contribution is 2.12. The van der Waals surface area contributed by atoms with Gasteiger partial charge in [-0.2, -0.15) is 0 Å². The van der Waals surface area contributed by atoms with Gasteiger partial charge in [0.1, 0.15) is 5.75 Å². The molecule has 0 bridgehead atoms. The van der Waals surface area contributed by atoms with E-state index in [1.54, 1.807) is 49.6 Å². The number of ether oxygens (including phenoxy) is 1. The van der Waals surface area contributed by atoms with Crippen molar-refractivity contribution in [3.05, 3.63) is 64.1 Å². The Balaban J connectivity index is 2.06. The SMILES string of the molecule is [2H]/C(=N/OC(=O)c1ccc(OC)cc1)c1cccc(Br)c1. The van der Waals surface area contributed by atoms with Crippen molar-refractivity contribution in [2.45, 2.75) is 0 Å². The lowest BCUT2D eigenvalue weighted by Gasteiger charge is -2.00. The van der Waals surface area contributed by atoms with Gasteiger partial charge >= 0.3 is 5.97 Å². The molecular weight excluding hydrogens is 322 g/mol. The number of hydrogen-bond acceptors (Lipinski definition) is 4. The van der Waals surface area contributed by atoms with Crippen LogP contribution in [-0.4, -0.2) is 19.3 Å². The highest BCUT2D eigenvalue weighted by molar-refractivity contribution is 9.10. The summed E-state index contributed by atoms with van der Waals surface area (Å²) < 4.78 is 13.6. The largest absolute Gasteiger partial charge is 0.497 e. The Kier molecular flexibility index (Phi) is 4.42. The van der Waals surface area contributed by atoms with Crippen molar-refractivity contribution in [2.24, 2.45) is 5.16 Å². The average Bonchev–Trinajstić information content (AvgIpc) is 2.52. The van der Waals surface area contributed by atoms with Gasteiger partial charge in [-0.25, -0.2) is 4.79 Å². The quantitative estimate of drug-likeness (QED) is 0.487. The monoisotopic (exact) mass is 334 g/mol. The minimum absolute atomic E-state index is 0.127. The number of hydrogen-bond donors (Lipinski definition) is 0. The van der Waals surface area contributed by atoms with E-state index < -0.39 is 5.97 Å². The first-order valence-electron chi connectivity index (χ1n) is 6.26. The second-order valence-corrected chi connectivity index (χ2v) is 4.74. The van der Waals surface area contributed by atoms with Gasteiger partial charge in [-0.1, -0.05) is 33.2 Å². The van der Waals surface area contributed by atoms with E-state index >= 15 is 0 Å². The number of carbonyl (C=O) groups excluding carboxylic acids is 1. The maximum absolute atomic E-state index is 11.8.